The molecule has 1 unspecified atom stereocenters. The fourth-order valence-corrected chi connectivity index (χ4v) is 5.36. The van der Waals surface area contributed by atoms with Crippen molar-refractivity contribution < 1.29 is 0 Å². The van der Waals surface area contributed by atoms with E-state index in [1.54, 1.807) is 0 Å². The van der Waals surface area contributed by atoms with Crippen LogP contribution in [0.2, 0.25) is 0 Å². The third kappa shape index (κ3) is 3.80. The minimum absolute atomic E-state index is 0.382. The summed E-state index contributed by atoms with van der Waals surface area (Å²) < 4.78 is 0. The van der Waals surface area contributed by atoms with E-state index in [0.29, 0.717) is 12.0 Å². The normalized spacial score (nSPS) is 29.9. The van der Waals surface area contributed by atoms with Crippen LogP contribution in [0.25, 0.3) is 0 Å². The second kappa shape index (κ2) is 8.08. The van der Waals surface area contributed by atoms with Crippen LogP contribution >= 0.6 is 12.2 Å². The first-order chi connectivity index (χ1) is 12.7. The van der Waals surface area contributed by atoms with E-state index in [-0.39, 0.29) is 0 Å². The van der Waals surface area contributed by atoms with Crippen LogP contribution < -0.4 is 5.32 Å². The van der Waals surface area contributed by atoms with Crippen molar-refractivity contribution in [2.45, 2.75) is 70.3 Å². The zero-order valence-electron chi connectivity index (χ0n) is 15.9. The van der Waals surface area contributed by atoms with Crippen LogP contribution in [0.1, 0.15) is 69.8 Å². The Bertz CT molecular complexity index is 657. The van der Waals surface area contributed by atoms with E-state index >= 15 is 0 Å². The molecular weight excluding hydrogens is 338 g/mol. The van der Waals surface area contributed by atoms with Gasteiger partial charge in [-0.15, -0.1) is 0 Å². The van der Waals surface area contributed by atoms with E-state index in [1.807, 2.05) is 0 Å². The molecule has 4 rings (SSSR count). The van der Waals surface area contributed by atoms with Crippen molar-refractivity contribution >= 4 is 23.0 Å². The average Bonchev–Trinajstić information content (AvgIpc) is 3.38. The summed E-state index contributed by atoms with van der Waals surface area (Å²) in [6.45, 7) is 3.14. The lowest BCUT2D eigenvalue weighted by Gasteiger charge is -2.27. The molecule has 1 heterocycles. The first-order valence-corrected chi connectivity index (χ1v) is 10.9. The van der Waals surface area contributed by atoms with Crippen molar-refractivity contribution in [3.63, 3.8) is 0 Å². The molecule has 3 aliphatic rings. The summed E-state index contributed by atoms with van der Waals surface area (Å²) in [6.07, 6.45) is 10.3. The lowest BCUT2D eigenvalue weighted by Crippen LogP contribution is -2.44. The summed E-state index contributed by atoms with van der Waals surface area (Å²) in [5.41, 5.74) is 2.68. The van der Waals surface area contributed by atoms with Gasteiger partial charge in [0, 0.05) is 17.7 Å². The molecule has 1 aliphatic heterocycles. The van der Waals surface area contributed by atoms with Crippen LogP contribution in [-0.4, -0.2) is 28.4 Å². The molecule has 1 N–H and O–H groups in total. The Balaban J connectivity index is 1.43. The van der Waals surface area contributed by atoms with Gasteiger partial charge in [-0.05, 0) is 61.7 Å². The quantitative estimate of drug-likeness (QED) is 0.559. The standard InChI is InChI=1S/C22H31N3S/c1-2-3-5-10-20-19(17-8-6-4-7-9-17)15-25(24-20)22(26)23-21-14-16-11-12-18(21)13-16/h4,6-9,16,18-19,21H,2-3,5,10-15H2,1H3,(H,23,26)/t16-,18+,19?,21-/m1/s1. The Hall–Kier alpha value is -1.42. The number of hydrazone groups is 1. The predicted octanol–water partition coefficient (Wildman–Crippen LogP) is 5.09. The third-order valence-electron chi connectivity index (χ3n) is 6.53. The number of hydrogen-bond donors (Lipinski definition) is 1. The van der Waals surface area contributed by atoms with Gasteiger partial charge >= 0.3 is 0 Å². The maximum atomic E-state index is 5.77. The van der Waals surface area contributed by atoms with Crippen LogP contribution in [0, 0.1) is 11.8 Å². The minimum atomic E-state index is 0.382. The Kier molecular flexibility index (Phi) is 5.58. The summed E-state index contributed by atoms with van der Waals surface area (Å²) in [5.74, 6) is 2.15. The highest BCUT2D eigenvalue weighted by molar-refractivity contribution is 7.80. The molecule has 0 aromatic heterocycles. The van der Waals surface area contributed by atoms with Gasteiger partial charge in [-0.2, -0.15) is 5.10 Å². The molecule has 0 radical (unpaired) electrons. The van der Waals surface area contributed by atoms with Gasteiger partial charge in [-0.3, -0.25) is 0 Å². The zero-order valence-corrected chi connectivity index (χ0v) is 16.7. The maximum absolute atomic E-state index is 5.77. The number of thiocarbonyl (C=S) groups is 1. The summed E-state index contributed by atoms with van der Waals surface area (Å²) >= 11 is 5.77. The molecule has 4 atom stereocenters. The van der Waals surface area contributed by atoms with Gasteiger partial charge in [0.2, 0.25) is 0 Å². The van der Waals surface area contributed by atoms with E-state index in [2.05, 4.69) is 47.6 Å². The van der Waals surface area contributed by atoms with Crippen LogP contribution in [-0.2, 0) is 0 Å². The van der Waals surface area contributed by atoms with Crippen molar-refractivity contribution in [2.75, 3.05) is 6.54 Å². The number of nitrogens with zero attached hydrogens (tertiary/aromatic N) is 2. The Morgan fingerprint density at radius 3 is 2.73 bits per heavy atom. The van der Waals surface area contributed by atoms with Crippen LogP contribution in [0.3, 0.4) is 0 Å². The van der Waals surface area contributed by atoms with Crippen LogP contribution in [0.15, 0.2) is 35.4 Å². The summed E-state index contributed by atoms with van der Waals surface area (Å²) in [4.78, 5) is 0. The Labute approximate surface area is 163 Å². The van der Waals surface area contributed by atoms with Gasteiger partial charge in [0.15, 0.2) is 5.11 Å². The Morgan fingerprint density at radius 2 is 2.04 bits per heavy atom. The smallest absolute Gasteiger partial charge is 0.189 e. The molecule has 3 nitrogen and oxygen atoms in total. The number of nitrogens with one attached hydrogen (secondary N) is 1. The highest BCUT2D eigenvalue weighted by atomic mass is 32.1. The molecule has 2 saturated carbocycles. The highest BCUT2D eigenvalue weighted by Crippen LogP contribution is 2.44. The minimum Gasteiger partial charge on any atom is -0.358 e. The number of benzene rings is 1. The van der Waals surface area contributed by atoms with E-state index in [1.165, 1.54) is 56.2 Å². The van der Waals surface area contributed by atoms with Gasteiger partial charge in [0.05, 0.1) is 6.54 Å². The molecule has 0 saturated heterocycles. The molecule has 2 aliphatic carbocycles. The molecule has 1 aromatic rings. The Morgan fingerprint density at radius 1 is 1.19 bits per heavy atom. The van der Waals surface area contributed by atoms with Gasteiger partial charge in [0.25, 0.3) is 0 Å². The highest BCUT2D eigenvalue weighted by Gasteiger charge is 2.40. The maximum Gasteiger partial charge on any atom is 0.189 e. The molecular formula is C22H31N3S. The fourth-order valence-electron chi connectivity index (χ4n) is 5.09. The van der Waals surface area contributed by atoms with Crippen LogP contribution in [0.4, 0.5) is 0 Å². The lowest BCUT2D eigenvalue weighted by atomic mass is 9.92. The zero-order chi connectivity index (χ0) is 17.9. The van der Waals surface area contributed by atoms with Gasteiger partial charge in [-0.25, -0.2) is 5.01 Å². The van der Waals surface area contributed by atoms with Crippen molar-refractivity contribution in [3.8, 4) is 0 Å². The van der Waals surface area contributed by atoms with Crippen molar-refractivity contribution in [1.82, 2.24) is 10.3 Å². The molecule has 26 heavy (non-hydrogen) atoms. The van der Waals surface area contributed by atoms with Gasteiger partial charge in [-0.1, -0.05) is 56.5 Å². The largest absolute Gasteiger partial charge is 0.358 e. The van der Waals surface area contributed by atoms with E-state index < -0.39 is 0 Å². The first kappa shape index (κ1) is 18.0. The van der Waals surface area contributed by atoms with Crippen LogP contribution in [0.5, 0.6) is 0 Å². The summed E-state index contributed by atoms with van der Waals surface area (Å²) in [6, 6.07) is 11.4. The molecule has 0 amide bonds. The molecule has 140 valence electrons. The van der Waals surface area contributed by atoms with E-state index in [0.717, 1.165) is 29.9 Å². The predicted molar refractivity (Wildman–Crippen MR) is 112 cm³/mol. The van der Waals surface area contributed by atoms with Gasteiger partial charge < -0.3 is 5.32 Å². The molecule has 2 fully saturated rings. The molecule has 4 heteroatoms. The fraction of sp³-hybridized carbons (Fsp3) is 0.636. The third-order valence-corrected chi connectivity index (χ3v) is 6.86. The van der Waals surface area contributed by atoms with Crippen molar-refractivity contribution in [3.05, 3.63) is 35.9 Å². The number of hydrogen-bond acceptors (Lipinski definition) is 2. The second-order valence-electron chi connectivity index (χ2n) is 8.32. The lowest BCUT2D eigenvalue weighted by molar-refractivity contribution is 0.370. The molecule has 2 bridgehead atoms. The average molecular weight is 370 g/mol. The van der Waals surface area contributed by atoms with Crippen molar-refractivity contribution in [2.24, 2.45) is 16.9 Å². The van der Waals surface area contributed by atoms with E-state index in [9.17, 15) is 0 Å². The van der Waals surface area contributed by atoms with Crippen molar-refractivity contribution in [1.29, 1.82) is 0 Å². The number of rotatable bonds is 6. The summed E-state index contributed by atoms with van der Waals surface area (Å²) in [5, 5.41) is 11.5. The van der Waals surface area contributed by atoms with Gasteiger partial charge in [0.1, 0.15) is 0 Å². The molecule has 1 aromatic carbocycles. The summed E-state index contributed by atoms with van der Waals surface area (Å²) in [7, 11) is 0. The molecule has 0 spiro atoms. The second-order valence-corrected chi connectivity index (χ2v) is 8.71. The van der Waals surface area contributed by atoms with E-state index in [4.69, 9.17) is 17.3 Å². The topological polar surface area (TPSA) is 27.6 Å². The number of unbranched alkanes of at least 4 members (excludes halogenated alkanes) is 2. The first-order valence-electron chi connectivity index (χ1n) is 10.4. The SMILES string of the molecule is CCCCCC1=NN(C(=S)N[C@@H]2C[C@@H]3CC[C@H]2C3)CC1c1ccccc1. The monoisotopic (exact) mass is 369 g/mol. The number of fused-ring (bicyclic) bond motifs is 2.